The highest BCUT2D eigenvalue weighted by Gasteiger charge is 2.39. The number of aryl methyl sites for hydroxylation is 1. The van der Waals surface area contributed by atoms with Gasteiger partial charge in [-0.1, -0.05) is 36.4 Å². The number of rotatable bonds is 6. The minimum atomic E-state index is -0.528. The van der Waals surface area contributed by atoms with E-state index in [-0.39, 0.29) is 12.5 Å². The third kappa shape index (κ3) is 4.91. The van der Waals surface area contributed by atoms with E-state index in [0.29, 0.717) is 16.8 Å². The average Bonchev–Trinajstić information content (AvgIpc) is 2.86. The Labute approximate surface area is 167 Å². The number of anilines is 1. The number of amides is 1. The van der Waals surface area contributed by atoms with Crippen LogP contribution < -0.4 is 10.1 Å². The largest absolute Gasteiger partial charge is 0.497 e. The fraction of sp³-hybridized carbons (Fsp3) is 0.435. The number of likely N-dealkylation sites (tertiary alicyclic amines) is 1. The first kappa shape index (κ1) is 20.4. The lowest BCUT2D eigenvalue weighted by Gasteiger charge is -2.41. The summed E-state index contributed by atoms with van der Waals surface area (Å²) in [7, 11) is 1.61. The zero-order valence-electron chi connectivity index (χ0n) is 16.9. The predicted molar refractivity (Wildman–Crippen MR) is 111 cm³/mol. The summed E-state index contributed by atoms with van der Waals surface area (Å²) in [6.45, 7) is 3.68. The van der Waals surface area contributed by atoms with Crippen molar-refractivity contribution in [2.75, 3.05) is 25.5 Å². The molecule has 0 aromatic heterocycles. The number of quaternary nitrogens is 1. The highest BCUT2D eigenvalue weighted by molar-refractivity contribution is 5.92. The van der Waals surface area contributed by atoms with Gasteiger partial charge < -0.3 is 15.2 Å². The van der Waals surface area contributed by atoms with E-state index in [1.54, 1.807) is 7.11 Å². The van der Waals surface area contributed by atoms with Gasteiger partial charge in [-0.25, -0.2) is 0 Å². The number of nitrogens with one attached hydrogen (secondary N) is 1. The average molecular weight is 384 g/mol. The minimum absolute atomic E-state index is 0.0757. The summed E-state index contributed by atoms with van der Waals surface area (Å²) >= 11 is 0. The minimum Gasteiger partial charge on any atom is -0.497 e. The Kier molecular flexibility index (Phi) is 6.70. The van der Waals surface area contributed by atoms with E-state index in [9.17, 15) is 9.90 Å². The summed E-state index contributed by atoms with van der Waals surface area (Å²) in [5.74, 6) is 0.636. The molecule has 3 rings (SSSR count). The van der Waals surface area contributed by atoms with Gasteiger partial charge >= 0.3 is 0 Å². The summed E-state index contributed by atoms with van der Waals surface area (Å²) in [4.78, 5) is 13.0. The molecule has 2 aromatic carbocycles. The predicted octanol–water partition coefficient (Wildman–Crippen LogP) is 3.85. The Hall–Kier alpha value is -2.37. The maximum absolute atomic E-state index is 13.0. The Balaban J connectivity index is 1.81. The van der Waals surface area contributed by atoms with Crippen molar-refractivity contribution in [2.24, 2.45) is 0 Å². The van der Waals surface area contributed by atoms with Crippen LogP contribution in [-0.4, -0.2) is 41.9 Å². The molecule has 2 aromatic rings. The van der Waals surface area contributed by atoms with Gasteiger partial charge in [0.1, 0.15) is 12.3 Å². The van der Waals surface area contributed by atoms with Crippen LogP contribution in [0.25, 0.3) is 0 Å². The number of aliphatic hydroxyl groups excluding tert-OH is 1. The van der Waals surface area contributed by atoms with Crippen LogP contribution >= 0.6 is 0 Å². The summed E-state index contributed by atoms with van der Waals surface area (Å²) in [6, 6.07) is 15.8. The molecule has 1 fully saturated rings. The van der Waals surface area contributed by atoms with Crippen LogP contribution in [0, 0.1) is 6.92 Å². The molecule has 28 heavy (non-hydrogen) atoms. The smallest absolute Gasteiger partial charge is 0.279 e. The second kappa shape index (κ2) is 9.22. The summed E-state index contributed by atoms with van der Waals surface area (Å²) in [6.07, 6.45) is 3.34. The van der Waals surface area contributed by atoms with Gasteiger partial charge in [0.05, 0.1) is 13.7 Å². The lowest BCUT2D eigenvalue weighted by Crippen LogP contribution is -2.58. The first-order valence-electron chi connectivity index (χ1n) is 10.0. The summed E-state index contributed by atoms with van der Waals surface area (Å²) in [5.41, 5.74) is 2.89. The van der Waals surface area contributed by atoms with Gasteiger partial charge in [0.2, 0.25) is 0 Å². The number of benzene rings is 2. The van der Waals surface area contributed by atoms with Crippen LogP contribution in [0.2, 0.25) is 0 Å². The van der Waals surface area contributed by atoms with Crippen LogP contribution in [-0.2, 0) is 11.3 Å². The van der Waals surface area contributed by atoms with Gasteiger partial charge in [0, 0.05) is 23.7 Å². The zero-order chi connectivity index (χ0) is 20.0. The van der Waals surface area contributed by atoms with Crippen molar-refractivity contribution in [3.8, 4) is 5.75 Å². The molecule has 1 heterocycles. The summed E-state index contributed by atoms with van der Waals surface area (Å²) in [5, 5.41) is 14.0. The highest BCUT2D eigenvalue weighted by Crippen LogP contribution is 2.28. The molecular formula is C23H31N2O3+. The normalized spacial score (nSPS) is 22.3. The molecule has 0 aliphatic carbocycles. The van der Waals surface area contributed by atoms with Crippen LogP contribution in [0.4, 0.5) is 5.69 Å². The van der Waals surface area contributed by atoms with Gasteiger partial charge in [-0.2, -0.15) is 0 Å². The van der Waals surface area contributed by atoms with E-state index < -0.39 is 6.23 Å². The first-order valence-corrected chi connectivity index (χ1v) is 10.0. The van der Waals surface area contributed by atoms with E-state index >= 15 is 0 Å². The Morgan fingerprint density at radius 1 is 1.18 bits per heavy atom. The summed E-state index contributed by atoms with van der Waals surface area (Å²) < 4.78 is 5.67. The van der Waals surface area contributed by atoms with E-state index in [0.717, 1.165) is 49.0 Å². The molecule has 150 valence electrons. The SMILES string of the molecule is COc1ccc(C)c(NC(=O)C[N+]2(Cc3ccccc3)CCCCCC2O)c1. The lowest BCUT2D eigenvalue weighted by atomic mass is 10.1. The molecule has 1 saturated heterocycles. The van der Waals surface area contributed by atoms with Crippen molar-refractivity contribution < 1.29 is 19.1 Å². The Morgan fingerprint density at radius 3 is 2.71 bits per heavy atom. The number of nitrogens with zero attached hydrogens (tertiary/aromatic N) is 1. The van der Waals surface area contributed by atoms with Crippen LogP contribution in [0.1, 0.15) is 36.8 Å². The molecule has 2 N–H and O–H groups in total. The van der Waals surface area contributed by atoms with Crippen molar-refractivity contribution in [1.82, 2.24) is 0 Å². The van der Waals surface area contributed by atoms with Crippen LogP contribution in [0.5, 0.6) is 5.75 Å². The van der Waals surface area contributed by atoms with Gasteiger partial charge in [0.25, 0.3) is 5.91 Å². The molecule has 0 saturated carbocycles. The Morgan fingerprint density at radius 2 is 1.96 bits per heavy atom. The number of carbonyl (C=O) groups excluding carboxylic acids is 1. The number of aliphatic hydroxyl groups is 1. The van der Waals surface area contributed by atoms with Crippen molar-refractivity contribution in [2.45, 2.75) is 45.4 Å². The first-order chi connectivity index (χ1) is 13.5. The molecule has 5 nitrogen and oxygen atoms in total. The maximum Gasteiger partial charge on any atom is 0.279 e. The van der Waals surface area contributed by atoms with Crippen LogP contribution in [0.3, 0.4) is 0 Å². The van der Waals surface area contributed by atoms with Crippen molar-refractivity contribution >= 4 is 11.6 Å². The van der Waals surface area contributed by atoms with E-state index in [1.807, 2.05) is 43.3 Å². The molecule has 1 aliphatic rings. The third-order valence-corrected chi connectivity index (χ3v) is 5.72. The quantitative estimate of drug-likeness (QED) is 0.745. The molecule has 0 spiro atoms. The maximum atomic E-state index is 13.0. The molecular weight excluding hydrogens is 352 g/mol. The molecule has 2 unspecified atom stereocenters. The topological polar surface area (TPSA) is 58.6 Å². The van der Waals surface area contributed by atoms with Crippen LogP contribution in [0.15, 0.2) is 48.5 Å². The van der Waals surface area contributed by atoms with Gasteiger partial charge in [0.15, 0.2) is 12.8 Å². The zero-order valence-corrected chi connectivity index (χ0v) is 16.9. The van der Waals surface area contributed by atoms with Crippen molar-refractivity contribution in [1.29, 1.82) is 0 Å². The molecule has 0 bridgehead atoms. The number of methoxy groups -OCH3 is 1. The fourth-order valence-corrected chi connectivity index (χ4v) is 4.06. The monoisotopic (exact) mass is 383 g/mol. The number of ether oxygens (including phenoxy) is 1. The molecule has 5 heteroatoms. The third-order valence-electron chi connectivity index (χ3n) is 5.72. The fourth-order valence-electron chi connectivity index (χ4n) is 4.06. The van der Waals surface area contributed by atoms with E-state index in [4.69, 9.17) is 4.74 Å². The van der Waals surface area contributed by atoms with Crippen molar-refractivity contribution in [3.05, 3.63) is 59.7 Å². The standard InChI is InChI=1S/C23H30N2O3/c1-18-12-13-20(28-2)15-21(18)24-22(26)17-25(14-8-4-7-11-23(25)27)16-19-9-5-3-6-10-19/h3,5-6,9-10,12-13,15,23,27H,4,7-8,11,14,16-17H2,1-2H3/p+1. The van der Waals surface area contributed by atoms with E-state index in [1.165, 1.54) is 0 Å². The second-order valence-corrected chi connectivity index (χ2v) is 7.80. The lowest BCUT2D eigenvalue weighted by molar-refractivity contribution is -0.975. The highest BCUT2D eigenvalue weighted by atomic mass is 16.5. The second-order valence-electron chi connectivity index (χ2n) is 7.80. The number of carbonyl (C=O) groups is 1. The number of hydrogen-bond donors (Lipinski definition) is 2. The molecule has 2 atom stereocenters. The van der Waals surface area contributed by atoms with Gasteiger partial charge in [-0.3, -0.25) is 9.28 Å². The van der Waals surface area contributed by atoms with Crippen molar-refractivity contribution in [3.63, 3.8) is 0 Å². The van der Waals surface area contributed by atoms with E-state index in [2.05, 4.69) is 17.4 Å². The van der Waals surface area contributed by atoms with Gasteiger partial charge in [-0.15, -0.1) is 0 Å². The Bertz CT molecular complexity index is 794. The molecule has 1 aliphatic heterocycles. The molecule has 1 amide bonds. The molecule has 0 radical (unpaired) electrons. The van der Waals surface area contributed by atoms with Gasteiger partial charge in [-0.05, 0) is 37.8 Å². The number of hydrogen-bond acceptors (Lipinski definition) is 3.